The summed E-state index contributed by atoms with van der Waals surface area (Å²) in [5.41, 5.74) is 0. The van der Waals surface area contributed by atoms with Gasteiger partial charge < -0.3 is 25.7 Å². The van der Waals surface area contributed by atoms with E-state index in [9.17, 15) is 25.2 Å². The van der Waals surface area contributed by atoms with Gasteiger partial charge in [0.2, 0.25) is 5.91 Å². The lowest BCUT2D eigenvalue weighted by Crippen LogP contribution is -2.60. The second-order valence-corrected chi connectivity index (χ2v) is 8.81. The van der Waals surface area contributed by atoms with Crippen LogP contribution in [0.4, 0.5) is 0 Å². The fraction of sp³-hybridized carbons (Fsp3) is 0.929. The maximum Gasteiger partial charge on any atom is 0.220 e. The Morgan fingerprint density at radius 2 is 1.86 bits per heavy atom. The molecule has 0 bridgehead atoms. The van der Waals surface area contributed by atoms with Crippen LogP contribution in [0.2, 0.25) is 0 Å². The van der Waals surface area contributed by atoms with Gasteiger partial charge in [0.1, 0.15) is 18.3 Å². The molecule has 1 amide bonds. The first-order valence-electron chi connectivity index (χ1n) is 7.79. The minimum atomic E-state index is -1.44. The van der Waals surface area contributed by atoms with Crippen LogP contribution in [0.1, 0.15) is 38.5 Å². The highest BCUT2D eigenvalue weighted by molar-refractivity contribution is 8.77. The van der Waals surface area contributed by atoms with E-state index in [1.165, 1.54) is 12.2 Å². The van der Waals surface area contributed by atoms with E-state index in [0.29, 0.717) is 11.7 Å². The van der Waals surface area contributed by atoms with E-state index >= 15 is 0 Å². The number of nitrogens with one attached hydrogen (secondary N) is 1. The van der Waals surface area contributed by atoms with Crippen molar-refractivity contribution in [3.63, 3.8) is 0 Å². The molecule has 1 aliphatic heterocycles. The van der Waals surface area contributed by atoms with Crippen LogP contribution in [0.3, 0.4) is 0 Å². The lowest BCUT2D eigenvalue weighted by Gasteiger charge is -2.38. The van der Waals surface area contributed by atoms with Crippen molar-refractivity contribution >= 4 is 27.5 Å². The highest BCUT2D eigenvalue weighted by Gasteiger charge is 2.42. The predicted octanol–water partition coefficient (Wildman–Crippen LogP) is 0.0326. The standard InChI is InChI=1S/C14H25NO5S2/c16-10-7-9(12(18)14(20)13(10)19)15-11(17)4-2-1-3-8-5-6-21-22-8/h8-10,12-14,16,18-20H,1-7H2,(H,15,17)/t8-,9-,10+,12+,13-,14-/m1/s1. The third kappa shape index (κ3) is 5.01. The van der Waals surface area contributed by atoms with Gasteiger partial charge in [0.15, 0.2) is 0 Å². The van der Waals surface area contributed by atoms with Crippen molar-refractivity contribution in [2.75, 3.05) is 5.75 Å². The Morgan fingerprint density at radius 1 is 1.09 bits per heavy atom. The molecule has 2 aliphatic rings. The van der Waals surface area contributed by atoms with E-state index in [1.54, 1.807) is 0 Å². The van der Waals surface area contributed by atoms with Gasteiger partial charge in [-0.3, -0.25) is 4.79 Å². The smallest absolute Gasteiger partial charge is 0.220 e. The van der Waals surface area contributed by atoms with Gasteiger partial charge in [-0.15, -0.1) is 0 Å². The molecular formula is C14H25NO5S2. The minimum Gasteiger partial charge on any atom is -0.390 e. The Balaban J connectivity index is 1.65. The fourth-order valence-electron chi connectivity index (χ4n) is 2.85. The summed E-state index contributed by atoms with van der Waals surface area (Å²) in [4.78, 5) is 11.9. The first-order valence-corrected chi connectivity index (χ1v) is 10.2. The molecule has 0 spiro atoms. The molecule has 0 unspecified atom stereocenters. The Kier molecular flexibility index (Phi) is 7.30. The van der Waals surface area contributed by atoms with E-state index in [-0.39, 0.29) is 12.3 Å². The maximum absolute atomic E-state index is 11.9. The molecule has 2 rings (SSSR count). The van der Waals surface area contributed by atoms with Gasteiger partial charge in [0.05, 0.1) is 12.1 Å². The summed E-state index contributed by atoms with van der Waals surface area (Å²) >= 11 is 0. The Hall–Kier alpha value is 0.01000. The maximum atomic E-state index is 11.9. The average Bonchev–Trinajstić information content (AvgIpc) is 3.00. The van der Waals surface area contributed by atoms with Crippen molar-refractivity contribution in [3.8, 4) is 0 Å². The summed E-state index contributed by atoms with van der Waals surface area (Å²) in [6.45, 7) is 0. The molecule has 0 aromatic heterocycles. The zero-order chi connectivity index (χ0) is 16.1. The molecule has 0 radical (unpaired) electrons. The minimum absolute atomic E-state index is 0.0427. The number of unbranched alkanes of at least 4 members (excludes halogenated alkanes) is 1. The van der Waals surface area contributed by atoms with Gasteiger partial charge in [-0.25, -0.2) is 0 Å². The van der Waals surface area contributed by atoms with Crippen LogP contribution in [-0.4, -0.2) is 67.8 Å². The van der Waals surface area contributed by atoms with Gasteiger partial charge in [-0.1, -0.05) is 28.0 Å². The highest BCUT2D eigenvalue weighted by Crippen LogP contribution is 2.39. The zero-order valence-electron chi connectivity index (χ0n) is 12.4. The summed E-state index contributed by atoms with van der Waals surface area (Å²) in [6, 6.07) is -0.720. The number of carbonyl (C=O) groups is 1. The van der Waals surface area contributed by atoms with Crippen molar-refractivity contribution in [1.29, 1.82) is 0 Å². The van der Waals surface area contributed by atoms with Crippen LogP contribution < -0.4 is 5.32 Å². The number of aliphatic hydroxyl groups excluding tert-OH is 4. The van der Waals surface area contributed by atoms with Gasteiger partial charge in [0, 0.05) is 17.4 Å². The van der Waals surface area contributed by atoms with Gasteiger partial charge >= 0.3 is 0 Å². The first-order chi connectivity index (χ1) is 10.5. The number of carbonyl (C=O) groups excluding carboxylic acids is 1. The van der Waals surface area contributed by atoms with Crippen molar-refractivity contribution in [3.05, 3.63) is 0 Å². The predicted molar refractivity (Wildman–Crippen MR) is 87.5 cm³/mol. The fourth-order valence-corrected chi connectivity index (χ4v) is 5.88. The Morgan fingerprint density at radius 3 is 2.55 bits per heavy atom. The lowest BCUT2D eigenvalue weighted by molar-refractivity contribution is -0.151. The monoisotopic (exact) mass is 351 g/mol. The molecule has 1 saturated carbocycles. The van der Waals surface area contributed by atoms with E-state index in [2.05, 4.69) is 5.32 Å². The van der Waals surface area contributed by atoms with Gasteiger partial charge in [0.25, 0.3) is 0 Å². The Labute approximate surface area is 138 Å². The number of hydrogen-bond donors (Lipinski definition) is 5. The molecular weight excluding hydrogens is 326 g/mol. The number of hydrogen-bond acceptors (Lipinski definition) is 7. The number of amides is 1. The third-order valence-electron chi connectivity index (χ3n) is 4.26. The summed E-state index contributed by atoms with van der Waals surface area (Å²) < 4.78 is 0. The molecule has 0 aromatic rings. The molecule has 8 heteroatoms. The molecule has 1 heterocycles. The molecule has 6 atom stereocenters. The van der Waals surface area contributed by atoms with Crippen LogP contribution in [-0.2, 0) is 4.79 Å². The van der Waals surface area contributed by atoms with Crippen molar-refractivity contribution < 1.29 is 25.2 Å². The average molecular weight is 351 g/mol. The van der Waals surface area contributed by atoms with Crippen LogP contribution in [0.25, 0.3) is 0 Å². The quantitative estimate of drug-likeness (QED) is 0.339. The van der Waals surface area contributed by atoms with E-state index in [4.69, 9.17) is 0 Å². The second-order valence-electron chi connectivity index (χ2n) is 6.02. The van der Waals surface area contributed by atoms with Gasteiger partial charge in [-0.2, -0.15) is 0 Å². The van der Waals surface area contributed by atoms with Crippen molar-refractivity contribution in [1.82, 2.24) is 5.32 Å². The molecule has 1 aliphatic carbocycles. The van der Waals surface area contributed by atoms with Crippen LogP contribution >= 0.6 is 21.6 Å². The molecule has 22 heavy (non-hydrogen) atoms. The number of aliphatic hydroxyl groups is 4. The summed E-state index contributed by atoms with van der Waals surface area (Å²) in [5.74, 6) is 1.03. The molecule has 6 nitrogen and oxygen atoms in total. The van der Waals surface area contributed by atoms with E-state index in [0.717, 1.165) is 19.3 Å². The van der Waals surface area contributed by atoms with E-state index in [1.807, 2.05) is 21.6 Å². The molecule has 1 saturated heterocycles. The van der Waals surface area contributed by atoms with Gasteiger partial charge in [-0.05, 0) is 25.7 Å². The lowest BCUT2D eigenvalue weighted by atomic mass is 9.85. The highest BCUT2D eigenvalue weighted by atomic mass is 33.1. The zero-order valence-corrected chi connectivity index (χ0v) is 14.1. The normalized spacial score (nSPS) is 38.9. The third-order valence-corrected chi connectivity index (χ3v) is 7.26. The molecule has 0 aromatic carbocycles. The summed E-state index contributed by atoms with van der Waals surface area (Å²) in [5, 5.41) is 41.9. The van der Waals surface area contributed by atoms with E-state index < -0.39 is 30.5 Å². The van der Waals surface area contributed by atoms with Crippen LogP contribution in [0.5, 0.6) is 0 Å². The number of rotatable bonds is 6. The topological polar surface area (TPSA) is 110 Å². The Bertz CT molecular complexity index is 367. The van der Waals surface area contributed by atoms with Crippen LogP contribution in [0.15, 0.2) is 0 Å². The van der Waals surface area contributed by atoms with Crippen LogP contribution in [0, 0.1) is 0 Å². The van der Waals surface area contributed by atoms with Crippen molar-refractivity contribution in [2.24, 2.45) is 0 Å². The first kappa shape index (κ1) is 18.4. The summed E-state index contributed by atoms with van der Waals surface area (Å²) in [7, 11) is 3.85. The largest absolute Gasteiger partial charge is 0.390 e. The molecule has 128 valence electrons. The SMILES string of the molecule is O=C(CCCC[C@@H]1CCSS1)N[C@@H]1C[C@H](O)[C@@H](O)[C@H](O)[C@H]1O. The summed E-state index contributed by atoms with van der Waals surface area (Å²) in [6.07, 6.45) is -0.615. The van der Waals surface area contributed by atoms with Crippen molar-refractivity contribution in [2.45, 2.75) is 74.2 Å². The molecule has 2 fully saturated rings. The second kappa shape index (κ2) is 8.75. The molecule has 5 N–H and O–H groups in total.